The Labute approximate surface area is 135 Å². The number of aryl methyl sites for hydroxylation is 1. The fourth-order valence-electron chi connectivity index (χ4n) is 3.07. The summed E-state index contributed by atoms with van der Waals surface area (Å²) in [6.07, 6.45) is 8.83. The summed E-state index contributed by atoms with van der Waals surface area (Å²) in [5.74, 6) is 0. The van der Waals surface area contributed by atoms with Crippen LogP contribution in [0.15, 0.2) is 47.2 Å². The standard InChI is InChI=1S/C17H22BrN3/c18-16-13-19-21(14-16)17-8-11-20(12-9-17)10-4-7-15-5-2-1-3-6-15/h1-3,5-6,13-14,17H,4,7-12H2. The molecule has 1 aromatic heterocycles. The fraction of sp³-hybridized carbons (Fsp3) is 0.471. The zero-order valence-electron chi connectivity index (χ0n) is 12.3. The van der Waals surface area contributed by atoms with E-state index in [1.54, 1.807) is 0 Å². The van der Waals surface area contributed by atoms with E-state index in [1.807, 2.05) is 6.20 Å². The second-order valence-electron chi connectivity index (χ2n) is 5.80. The van der Waals surface area contributed by atoms with Crippen molar-refractivity contribution in [1.29, 1.82) is 0 Å². The second-order valence-corrected chi connectivity index (χ2v) is 6.72. The predicted octanol–water partition coefficient (Wildman–Crippen LogP) is 3.92. The highest BCUT2D eigenvalue weighted by Crippen LogP contribution is 2.23. The number of piperidine rings is 1. The van der Waals surface area contributed by atoms with Gasteiger partial charge in [0.05, 0.1) is 16.7 Å². The van der Waals surface area contributed by atoms with E-state index < -0.39 is 0 Å². The highest BCUT2D eigenvalue weighted by atomic mass is 79.9. The van der Waals surface area contributed by atoms with E-state index in [4.69, 9.17) is 0 Å². The Hall–Kier alpha value is -1.13. The van der Waals surface area contributed by atoms with Crippen molar-refractivity contribution >= 4 is 15.9 Å². The maximum atomic E-state index is 4.42. The number of aromatic nitrogens is 2. The summed E-state index contributed by atoms with van der Waals surface area (Å²) in [6.45, 7) is 3.60. The van der Waals surface area contributed by atoms with Gasteiger partial charge in [-0.05, 0) is 53.7 Å². The third-order valence-corrected chi connectivity index (χ3v) is 4.69. The van der Waals surface area contributed by atoms with Gasteiger partial charge in [0.25, 0.3) is 0 Å². The van der Waals surface area contributed by atoms with Crippen LogP contribution in [-0.4, -0.2) is 34.3 Å². The molecule has 0 radical (unpaired) electrons. The predicted molar refractivity (Wildman–Crippen MR) is 89.4 cm³/mol. The number of nitrogens with zero attached hydrogens (tertiary/aromatic N) is 3. The maximum Gasteiger partial charge on any atom is 0.0632 e. The van der Waals surface area contributed by atoms with Crippen molar-refractivity contribution in [3.63, 3.8) is 0 Å². The van der Waals surface area contributed by atoms with E-state index in [0.717, 1.165) is 4.47 Å². The number of benzene rings is 1. The third-order valence-electron chi connectivity index (χ3n) is 4.28. The molecule has 0 saturated carbocycles. The molecule has 3 rings (SSSR count). The number of hydrogen-bond donors (Lipinski definition) is 0. The van der Waals surface area contributed by atoms with Gasteiger partial charge in [-0.25, -0.2) is 0 Å². The first kappa shape index (κ1) is 14.8. The van der Waals surface area contributed by atoms with Gasteiger partial charge in [0, 0.05) is 19.3 Å². The minimum atomic E-state index is 0.571. The molecule has 1 fully saturated rings. The normalized spacial score (nSPS) is 17.2. The zero-order chi connectivity index (χ0) is 14.5. The highest BCUT2D eigenvalue weighted by molar-refractivity contribution is 9.10. The van der Waals surface area contributed by atoms with E-state index in [9.17, 15) is 0 Å². The van der Waals surface area contributed by atoms with Gasteiger partial charge in [-0.3, -0.25) is 4.68 Å². The number of rotatable bonds is 5. The lowest BCUT2D eigenvalue weighted by Crippen LogP contribution is -2.35. The Morgan fingerprint density at radius 2 is 1.90 bits per heavy atom. The first-order valence-corrected chi connectivity index (χ1v) is 8.56. The largest absolute Gasteiger partial charge is 0.303 e. The van der Waals surface area contributed by atoms with Crippen LogP contribution >= 0.6 is 15.9 Å². The Morgan fingerprint density at radius 3 is 2.57 bits per heavy atom. The van der Waals surface area contributed by atoms with E-state index in [-0.39, 0.29) is 0 Å². The van der Waals surface area contributed by atoms with Crippen molar-refractivity contribution in [3.05, 3.63) is 52.8 Å². The van der Waals surface area contributed by atoms with Crippen LogP contribution in [0.2, 0.25) is 0 Å². The fourth-order valence-corrected chi connectivity index (χ4v) is 3.37. The average Bonchev–Trinajstić information content (AvgIpc) is 2.96. The van der Waals surface area contributed by atoms with E-state index in [1.165, 1.54) is 50.9 Å². The van der Waals surface area contributed by atoms with Crippen LogP contribution in [0, 0.1) is 0 Å². The molecule has 3 nitrogen and oxygen atoms in total. The molecule has 2 aromatic rings. The molecule has 1 aliphatic heterocycles. The Morgan fingerprint density at radius 1 is 1.14 bits per heavy atom. The van der Waals surface area contributed by atoms with Crippen LogP contribution in [0.4, 0.5) is 0 Å². The molecule has 4 heteroatoms. The minimum Gasteiger partial charge on any atom is -0.303 e. The molecule has 1 aromatic carbocycles. The lowest BCUT2D eigenvalue weighted by molar-refractivity contribution is 0.178. The lowest BCUT2D eigenvalue weighted by Gasteiger charge is -2.32. The Bertz CT molecular complexity index is 544. The van der Waals surface area contributed by atoms with Gasteiger partial charge in [0.2, 0.25) is 0 Å². The number of halogens is 1. The summed E-state index contributed by atoms with van der Waals surface area (Å²) in [5, 5.41) is 4.42. The van der Waals surface area contributed by atoms with Crippen LogP contribution in [0.3, 0.4) is 0 Å². The summed E-state index contributed by atoms with van der Waals surface area (Å²) in [6, 6.07) is 11.4. The summed E-state index contributed by atoms with van der Waals surface area (Å²) in [7, 11) is 0. The van der Waals surface area contributed by atoms with Gasteiger partial charge in [-0.2, -0.15) is 5.10 Å². The maximum absolute atomic E-state index is 4.42. The van der Waals surface area contributed by atoms with Crippen molar-refractivity contribution in [1.82, 2.24) is 14.7 Å². The molecule has 112 valence electrons. The van der Waals surface area contributed by atoms with Gasteiger partial charge in [-0.15, -0.1) is 0 Å². The summed E-state index contributed by atoms with van der Waals surface area (Å²) in [4.78, 5) is 2.60. The minimum absolute atomic E-state index is 0.571. The monoisotopic (exact) mass is 347 g/mol. The second kappa shape index (κ2) is 7.23. The van der Waals surface area contributed by atoms with Gasteiger partial charge in [0.1, 0.15) is 0 Å². The number of likely N-dealkylation sites (tertiary alicyclic amines) is 1. The molecule has 21 heavy (non-hydrogen) atoms. The summed E-state index contributed by atoms with van der Waals surface area (Å²) >= 11 is 3.47. The highest BCUT2D eigenvalue weighted by Gasteiger charge is 2.20. The first-order valence-electron chi connectivity index (χ1n) is 7.77. The molecule has 1 saturated heterocycles. The van der Waals surface area contributed by atoms with Crippen LogP contribution in [0.1, 0.15) is 30.9 Å². The molecule has 0 bridgehead atoms. The quantitative estimate of drug-likeness (QED) is 0.817. The van der Waals surface area contributed by atoms with Crippen LogP contribution in [0.25, 0.3) is 0 Å². The summed E-state index contributed by atoms with van der Waals surface area (Å²) < 4.78 is 3.19. The van der Waals surface area contributed by atoms with Gasteiger partial charge >= 0.3 is 0 Å². The van der Waals surface area contributed by atoms with Crippen molar-refractivity contribution in [2.75, 3.05) is 19.6 Å². The molecule has 0 atom stereocenters. The molecule has 0 spiro atoms. The Kier molecular flexibility index (Phi) is 5.09. The van der Waals surface area contributed by atoms with Crippen molar-refractivity contribution in [2.24, 2.45) is 0 Å². The zero-order valence-corrected chi connectivity index (χ0v) is 13.9. The first-order chi connectivity index (χ1) is 10.3. The van der Waals surface area contributed by atoms with Crippen LogP contribution < -0.4 is 0 Å². The van der Waals surface area contributed by atoms with Crippen molar-refractivity contribution in [3.8, 4) is 0 Å². The molecular formula is C17H22BrN3. The lowest BCUT2D eigenvalue weighted by atomic mass is 10.0. The van der Waals surface area contributed by atoms with Gasteiger partial charge in [-0.1, -0.05) is 30.3 Å². The van der Waals surface area contributed by atoms with E-state index >= 15 is 0 Å². The summed E-state index contributed by atoms with van der Waals surface area (Å²) in [5.41, 5.74) is 1.45. The van der Waals surface area contributed by atoms with E-state index in [2.05, 4.69) is 67.1 Å². The molecule has 0 N–H and O–H groups in total. The third kappa shape index (κ3) is 4.17. The SMILES string of the molecule is Brc1cnn(C2CCN(CCCc3ccccc3)CC2)c1. The molecule has 1 aliphatic rings. The van der Waals surface area contributed by atoms with Crippen LogP contribution in [0.5, 0.6) is 0 Å². The molecular weight excluding hydrogens is 326 g/mol. The molecule has 0 unspecified atom stereocenters. The van der Waals surface area contributed by atoms with Crippen LogP contribution in [-0.2, 0) is 6.42 Å². The average molecular weight is 348 g/mol. The molecule has 0 aliphatic carbocycles. The van der Waals surface area contributed by atoms with Gasteiger partial charge in [0.15, 0.2) is 0 Å². The van der Waals surface area contributed by atoms with Crippen molar-refractivity contribution in [2.45, 2.75) is 31.7 Å². The topological polar surface area (TPSA) is 21.1 Å². The smallest absolute Gasteiger partial charge is 0.0632 e. The number of hydrogen-bond acceptors (Lipinski definition) is 2. The molecule has 0 amide bonds. The van der Waals surface area contributed by atoms with Crippen molar-refractivity contribution < 1.29 is 0 Å². The Balaban J connectivity index is 1.40. The molecule has 2 heterocycles. The van der Waals surface area contributed by atoms with E-state index in [0.29, 0.717) is 6.04 Å². The van der Waals surface area contributed by atoms with Gasteiger partial charge < -0.3 is 4.90 Å².